The Morgan fingerprint density at radius 3 is 2.88 bits per heavy atom. The summed E-state index contributed by atoms with van der Waals surface area (Å²) < 4.78 is 3.07. The third-order valence-electron chi connectivity index (χ3n) is 3.66. The number of aromatic nitrogens is 8. The topological polar surface area (TPSA) is 127 Å². The second-order valence-corrected chi connectivity index (χ2v) is 5.97. The Balaban J connectivity index is 1.96. The van der Waals surface area contributed by atoms with Crippen molar-refractivity contribution in [3.05, 3.63) is 33.5 Å². The van der Waals surface area contributed by atoms with Gasteiger partial charge in [0.05, 0.1) is 6.33 Å². The molecule has 122 valence electrons. The molecule has 4 aromatic heterocycles. The molecule has 0 unspecified atom stereocenters. The number of H-pyrrole nitrogens is 2. The summed E-state index contributed by atoms with van der Waals surface area (Å²) in [5.41, 5.74) is 0.989. The van der Waals surface area contributed by atoms with Crippen molar-refractivity contribution in [3.63, 3.8) is 0 Å². The Kier molecular flexibility index (Phi) is 3.23. The third-order valence-corrected chi connectivity index (χ3v) is 4.66. The fourth-order valence-electron chi connectivity index (χ4n) is 2.49. The first kappa shape index (κ1) is 14.6. The molecule has 4 aromatic rings. The van der Waals surface area contributed by atoms with Gasteiger partial charge in [0.1, 0.15) is 16.9 Å². The van der Waals surface area contributed by atoms with Gasteiger partial charge in [0.2, 0.25) is 0 Å². The van der Waals surface area contributed by atoms with Crippen LogP contribution in [0.2, 0.25) is 0 Å². The molecule has 0 saturated heterocycles. The van der Waals surface area contributed by atoms with Gasteiger partial charge < -0.3 is 9.55 Å². The maximum absolute atomic E-state index is 12.2. The van der Waals surface area contributed by atoms with Crippen LogP contribution in [0.25, 0.3) is 22.3 Å². The zero-order valence-electron chi connectivity index (χ0n) is 12.8. The van der Waals surface area contributed by atoms with Crippen LogP contribution in [0.1, 0.15) is 6.92 Å². The number of hydrogen-bond acceptors (Lipinski definition) is 7. The number of nitrogens with zero attached hydrogens (tertiary/aromatic N) is 6. The Hall–Kier alpha value is -2.95. The molecule has 24 heavy (non-hydrogen) atoms. The lowest BCUT2D eigenvalue weighted by Crippen LogP contribution is -2.29. The molecule has 0 aromatic carbocycles. The SMILES string of the molecule is CCn1c(Sc2ncnc3nc[nH]c23)nc2c1c(=O)[nH]c(=O)n2C. The van der Waals surface area contributed by atoms with E-state index in [-0.39, 0.29) is 0 Å². The Labute approximate surface area is 138 Å². The van der Waals surface area contributed by atoms with Crippen LogP contribution in [0.5, 0.6) is 0 Å². The molecule has 0 aliphatic rings. The Morgan fingerprint density at radius 1 is 1.25 bits per heavy atom. The molecule has 0 aliphatic carbocycles. The molecule has 11 heteroatoms. The van der Waals surface area contributed by atoms with Crippen LogP contribution < -0.4 is 11.2 Å². The van der Waals surface area contributed by atoms with Crippen LogP contribution in [0.3, 0.4) is 0 Å². The van der Waals surface area contributed by atoms with Gasteiger partial charge in [-0.15, -0.1) is 0 Å². The van der Waals surface area contributed by atoms with Crippen LogP contribution in [-0.2, 0) is 13.6 Å². The molecule has 0 amide bonds. The molecule has 0 spiro atoms. The summed E-state index contributed by atoms with van der Waals surface area (Å²) in [6.45, 7) is 2.43. The number of nitrogens with one attached hydrogen (secondary N) is 2. The highest BCUT2D eigenvalue weighted by Crippen LogP contribution is 2.30. The quantitative estimate of drug-likeness (QED) is 0.510. The molecular weight excluding hydrogens is 332 g/mol. The van der Waals surface area contributed by atoms with Crippen LogP contribution in [0.4, 0.5) is 0 Å². The molecule has 4 heterocycles. The number of hydrogen-bond donors (Lipinski definition) is 2. The summed E-state index contributed by atoms with van der Waals surface area (Å²) >= 11 is 1.28. The standard InChI is InChI=1S/C13H12N8O2S/c1-3-21-7-9(20(2)12(23)19-10(7)22)18-13(21)24-11-6-8(15-4-14-6)16-5-17-11/h4-5H,3H2,1-2H3,(H,19,22,23)(H,14,15,16,17). The second kappa shape index (κ2) is 5.30. The van der Waals surface area contributed by atoms with E-state index in [0.717, 1.165) is 0 Å². The molecule has 0 aliphatic heterocycles. The first-order valence-corrected chi connectivity index (χ1v) is 7.93. The molecule has 2 N–H and O–H groups in total. The maximum atomic E-state index is 12.2. The lowest BCUT2D eigenvalue weighted by molar-refractivity contribution is 0.699. The summed E-state index contributed by atoms with van der Waals surface area (Å²) in [4.78, 5) is 46.2. The minimum atomic E-state index is -0.497. The largest absolute Gasteiger partial charge is 0.341 e. The van der Waals surface area contributed by atoms with E-state index >= 15 is 0 Å². The summed E-state index contributed by atoms with van der Waals surface area (Å²) in [5, 5.41) is 1.21. The highest BCUT2D eigenvalue weighted by molar-refractivity contribution is 7.99. The normalized spacial score (nSPS) is 11.6. The predicted molar refractivity (Wildman–Crippen MR) is 87.1 cm³/mol. The number of rotatable bonds is 3. The number of imidazole rings is 2. The van der Waals surface area contributed by atoms with Crippen LogP contribution >= 0.6 is 11.8 Å². The Morgan fingerprint density at radius 2 is 2.08 bits per heavy atom. The molecular formula is C13H12N8O2S. The average molecular weight is 344 g/mol. The first-order chi connectivity index (χ1) is 11.6. The lowest BCUT2D eigenvalue weighted by Gasteiger charge is -2.04. The zero-order chi connectivity index (χ0) is 16.8. The van der Waals surface area contributed by atoms with E-state index in [9.17, 15) is 9.59 Å². The van der Waals surface area contributed by atoms with Crippen LogP contribution in [-0.4, -0.2) is 39.0 Å². The minimum absolute atomic E-state index is 0.336. The van der Waals surface area contributed by atoms with Gasteiger partial charge in [0, 0.05) is 13.6 Å². The van der Waals surface area contributed by atoms with Gasteiger partial charge in [-0.1, -0.05) is 0 Å². The molecule has 0 bridgehead atoms. The van der Waals surface area contributed by atoms with E-state index in [2.05, 4.69) is 29.9 Å². The van der Waals surface area contributed by atoms with Crippen LogP contribution in [0.15, 0.2) is 32.4 Å². The van der Waals surface area contributed by atoms with Crippen molar-refractivity contribution in [2.24, 2.45) is 7.05 Å². The van der Waals surface area contributed by atoms with E-state index < -0.39 is 11.2 Å². The fraction of sp³-hybridized carbons (Fsp3) is 0.231. The zero-order valence-corrected chi connectivity index (χ0v) is 13.6. The van der Waals surface area contributed by atoms with Crippen molar-refractivity contribution in [1.29, 1.82) is 0 Å². The van der Waals surface area contributed by atoms with Crippen molar-refractivity contribution in [3.8, 4) is 0 Å². The van der Waals surface area contributed by atoms with Crippen molar-refractivity contribution in [2.75, 3.05) is 0 Å². The van der Waals surface area contributed by atoms with E-state index in [4.69, 9.17) is 0 Å². The minimum Gasteiger partial charge on any atom is -0.341 e. The number of aromatic amines is 2. The van der Waals surface area contributed by atoms with Crippen LogP contribution in [0, 0.1) is 0 Å². The van der Waals surface area contributed by atoms with Crippen molar-refractivity contribution in [1.82, 2.24) is 39.0 Å². The molecule has 4 rings (SSSR count). The highest BCUT2D eigenvalue weighted by atomic mass is 32.2. The number of aryl methyl sites for hydroxylation is 2. The van der Waals surface area contributed by atoms with Gasteiger partial charge in [0.15, 0.2) is 22.0 Å². The lowest BCUT2D eigenvalue weighted by atomic mass is 10.5. The van der Waals surface area contributed by atoms with Gasteiger partial charge in [-0.25, -0.2) is 24.7 Å². The predicted octanol–water partition coefficient (Wildman–Crippen LogP) is 0.261. The second-order valence-electron chi connectivity index (χ2n) is 5.01. The summed E-state index contributed by atoms with van der Waals surface area (Å²) in [7, 11) is 1.57. The van der Waals surface area contributed by atoms with Gasteiger partial charge in [-0.05, 0) is 18.7 Å². The molecule has 0 radical (unpaired) electrons. The van der Waals surface area contributed by atoms with Gasteiger partial charge in [-0.2, -0.15) is 0 Å². The maximum Gasteiger partial charge on any atom is 0.329 e. The van der Waals surface area contributed by atoms with Gasteiger partial charge in [-0.3, -0.25) is 14.3 Å². The van der Waals surface area contributed by atoms with Crippen molar-refractivity contribution < 1.29 is 0 Å². The van der Waals surface area contributed by atoms with E-state index in [1.165, 1.54) is 22.7 Å². The van der Waals surface area contributed by atoms with Gasteiger partial charge in [0.25, 0.3) is 5.56 Å². The van der Waals surface area contributed by atoms with E-state index in [1.54, 1.807) is 17.9 Å². The summed E-state index contributed by atoms with van der Waals surface area (Å²) in [6, 6.07) is 0. The van der Waals surface area contributed by atoms with Gasteiger partial charge >= 0.3 is 5.69 Å². The monoisotopic (exact) mass is 344 g/mol. The molecule has 0 atom stereocenters. The Bertz CT molecular complexity index is 1180. The molecule has 0 fully saturated rings. The van der Waals surface area contributed by atoms with Crippen molar-refractivity contribution in [2.45, 2.75) is 23.7 Å². The first-order valence-electron chi connectivity index (χ1n) is 7.11. The van der Waals surface area contributed by atoms with E-state index in [0.29, 0.717) is 39.1 Å². The highest BCUT2D eigenvalue weighted by Gasteiger charge is 2.19. The average Bonchev–Trinajstić information content (AvgIpc) is 3.17. The van der Waals surface area contributed by atoms with Crippen molar-refractivity contribution >= 4 is 34.1 Å². The number of fused-ring (bicyclic) bond motifs is 2. The fourth-order valence-corrected chi connectivity index (χ4v) is 3.48. The third kappa shape index (κ3) is 2.05. The summed E-state index contributed by atoms with van der Waals surface area (Å²) in [6.07, 6.45) is 2.97. The molecule has 0 saturated carbocycles. The van der Waals surface area contributed by atoms with E-state index in [1.807, 2.05) is 6.92 Å². The molecule has 10 nitrogen and oxygen atoms in total. The summed E-state index contributed by atoms with van der Waals surface area (Å²) in [5.74, 6) is 0. The smallest absolute Gasteiger partial charge is 0.329 e.